The highest BCUT2D eigenvalue weighted by molar-refractivity contribution is 5.98. The van der Waals surface area contributed by atoms with Crippen LogP contribution in [0, 0.1) is 5.92 Å². The predicted octanol–water partition coefficient (Wildman–Crippen LogP) is 3.17. The van der Waals surface area contributed by atoms with Crippen molar-refractivity contribution < 1.29 is 9.53 Å². The maximum absolute atomic E-state index is 11.7. The Balaban J connectivity index is 1.58. The number of likely N-dealkylation sites (N-methyl/N-ethyl adjacent to an activating group) is 1. The number of hydrogen-bond donors (Lipinski definition) is 2. The number of ether oxygens (including phenoxy) is 1. The van der Waals surface area contributed by atoms with Crippen LogP contribution < -0.4 is 5.32 Å². The fourth-order valence-electron chi connectivity index (χ4n) is 4.11. The summed E-state index contributed by atoms with van der Waals surface area (Å²) in [6.07, 6.45) is 6.10. The lowest BCUT2D eigenvalue weighted by atomic mass is 9.80. The third kappa shape index (κ3) is 2.93. The van der Waals surface area contributed by atoms with E-state index in [-0.39, 0.29) is 12.0 Å². The zero-order valence-corrected chi connectivity index (χ0v) is 14.8. The number of alkyl carbamates (subject to hydrolysis) is 1. The molecule has 2 atom stereocenters. The van der Waals surface area contributed by atoms with Crippen molar-refractivity contribution in [1.82, 2.24) is 15.2 Å². The van der Waals surface area contributed by atoms with Crippen molar-refractivity contribution in [2.24, 2.45) is 5.92 Å². The average Bonchev–Trinajstić information content (AvgIpc) is 3.03. The van der Waals surface area contributed by atoms with Crippen LogP contribution >= 0.6 is 0 Å². The van der Waals surface area contributed by atoms with E-state index >= 15 is 0 Å². The molecule has 0 fully saturated rings. The lowest BCUT2D eigenvalue weighted by Crippen LogP contribution is -2.43. The summed E-state index contributed by atoms with van der Waals surface area (Å²) in [5, 5.41) is 4.11. The SMILES string of the molecule is CCCNC(=O)OC[C@@H]1C=C2c3cccc4[nH]cc(c34)C[C@H]2N(C)C1. The number of benzene rings is 1. The van der Waals surface area contributed by atoms with Crippen molar-refractivity contribution >= 4 is 22.6 Å². The molecule has 1 amide bonds. The van der Waals surface area contributed by atoms with E-state index in [1.807, 2.05) is 6.92 Å². The molecule has 0 unspecified atom stereocenters. The van der Waals surface area contributed by atoms with Gasteiger partial charge in [-0.3, -0.25) is 4.90 Å². The second-order valence-electron chi connectivity index (χ2n) is 7.11. The standard InChI is InChI=1S/C20H25N3O2/c1-3-7-21-20(24)25-12-13-8-16-15-5-4-6-17-19(15)14(10-22-17)9-18(16)23(2)11-13/h4-6,8,10,13,18,22H,3,7,9,11-12H2,1-2H3,(H,21,24)/t13-,18-/m1/s1. The van der Waals surface area contributed by atoms with Gasteiger partial charge in [-0.2, -0.15) is 0 Å². The number of rotatable bonds is 4. The molecule has 1 aliphatic heterocycles. The van der Waals surface area contributed by atoms with E-state index in [2.05, 4.69) is 52.7 Å². The van der Waals surface area contributed by atoms with Crippen LogP contribution in [-0.4, -0.2) is 48.8 Å². The van der Waals surface area contributed by atoms with Crippen LogP contribution in [0.1, 0.15) is 24.5 Å². The molecule has 1 aromatic carbocycles. The number of amides is 1. The number of aromatic nitrogens is 1. The fraction of sp³-hybridized carbons (Fsp3) is 0.450. The van der Waals surface area contributed by atoms with Crippen molar-refractivity contribution in [2.75, 3.05) is 26.7 Å². The van der Waals surface area contributed by atoms with E-state index in [4.69, 9.17) is 4.74 Å². The third-order valence-corrected chi connectivity index (χ3v) is 5.29. The lowest BCUT2D eigenvalue weighted by molar-refractivity contribution is 0.120. The molecule has 2 heterocycles. The van der Waals surface area contributed by atoms with Gasteiger partial charge in [0.1, 0.15) is 6.61 Å². The van der Waals surface area contributed by atoms with Gasteiger partial charge in [-0.25, -0.2) is 4.79 Å². The zero-order valence-electron chi connectivity index (χ0n) is 14.8. The van der Waals surface area contributed by atoms with Gasteiger partial charge in [-0.1, -0.05) is 25.1 Å². The van der Waals surface area contributed by atoms with Gasteiger partial charge in [-0.15, -0.1) is 0 Å². The van der Waals surface area contributed by atoms with E-state index in [1.165, 1.54) is 27.6 Å². The molecular weight excluding hydrogens is 314 g/mol. The highest BCUT2D eigenvalue weighted by atomic mass is 16.5. The van der Waals surface area contributed by atoms with Crippen LogP contribution in [0.25, 0.3) is 16.5 Å². The first-order chi connectivity index (χ1) is 12.2. The Labute approximate surface area is 148 Å². The summed E-state index contributed by atoms with van der Waals surface area (Å²) < 4.78 is 5.41. The Bertz CT molecular complexity index is 823. The maximum atomic E-state index is 11.7. The number of carbonyl (C=O) groups excluding carboxylic acids is 1. The minimum absolute atomic E-state index is 0.222. The molecule has 2 aromatic rings. The highest BCUT2D eigenvalue weighted by Gasteiger charge is 2.33. The Morgan fingerprint density at radius 3 is 3.16 bits per heavy atom. The van der Waals surface area contributed by atoms with Gasteiger partial charge in [0.05, 0.1) is 0 Å². The van der Waals surface area contributed by atoms with Crippen molar-refractivity contribution in [3.8, 4) is 0 Å². The van der Waals surface area contributed by atoms with Crippen LogP contribution in [-0.2, 0) is 11.2 Å². The Morgan fingerprint density at radius 1 is 1.44 bits per heavy atom. The average molecular weight is 339 g/mol. The molecule has 0 bridgehead atoms. The number of H-pyrrole nitrogens is 1. The van der Waals surface area contributed by atoms with Gasteiger partial charge in [-0.05, 0) is 42.7 Å². The predicted molar refractivity (Wildman–Crippen MR) is 99.5 cm³/mol. The van der Waals surface area contributed by atoms with Crippen LogP contribution in [0.15, 0.2) is 30.5 Å². The topological polar surface area (TPSA) is 57.4 Å². The third-order valence-electron chi connectivity index (χ3n) is 5.29. The molecular formula is C20H25N3O2. The van der Waals surface area contributed by atoms with Gasteiger partial charge in [0, 0.05) is 42.1 Å². The second kappa shape index (κ2) is 6.56. The first kappa shape index (κ1) is 16.2. The molecule has 0 saturated heterocycles. The molecule has 4 rings (SSSR count). The quantitative estimate of drug-likeness (QED) is 0.899. The Kier molecular flexibility index (Phi) is 4.25. The van der Waals surface area contributed by atoms with E-state index in [1.54, 1.807) is 0 Å². The monoisotopic (exact) mass is 339 g/mol. The van der Waals surface area contributed by atoms with Gasteiger partial charge in [0.25, 0.3) is 0 Å². The second-order valence-corrected chi connectivity index (χ2v) is 7.11. The molecule has 132 valence electrons. The van der Waals surface area contributed by atoms with Crippen molar-refractivity contribution in [3.63, 3.8) is 0 Å². The summed E-state index contributed by atoms with van der Waals surface area (Å²) in [6, 6.07) is 6.86. The molecule has 0 radical (unpaired) electrons. The van der Waals surface area contributed by atoms with Gasteiger partial charge in [0.2, 0.25) is 0 Å². The molecule has 5 nitrogen and oxygen atoms in total. The fourth-order valence-corrected chi connectivity index (χ4v) is 4.11. The van der Waals surface area contributed by atoms with Gasteiger partial charge in [0.15, 0.2) is 0 Å². The number of fused-ring (bicyclic) bond motifs is 2. The van der Waals surface area contributed by atoms with Crippen molar-refractivity contribution in [3.05, 3.63) is 41.6 Å². The number of aromatic amines is 1. The number of hydrogen-bond acceptors (Lipinski definition) is 3. The molecule has 1 aliphatic carbocycles. The largest absolute Gasteiger partial charge is 0.449 e. The molecule has 0 spiro atoms. The summed E-state index contributed by atoms with van der Waals surface area (Å²) in [4.78, 5) is 17.5. The van der Waals surface area contributed by atoms with Crippen molar-refractivity contribution in [2.45, 2.75) is 25.8 Å². The van der Waals surface area contributed by atoms with Crippen LogP contribution in [0.5, 0.6) is 0 Å². The van der Waals surface area contributed by atoms with E-state index in [9.17, 15) is 4.79 Å². The van der Waals surface area contributed by atoms with E-state index in [0.717, 1.165) is 19.4 Å². The number of nitrogens with one attached hydrogen (secondary N) is 2. The van der Waals surface area contributed by atoms with E-state index in [0.29, 0.717) is 19.2 Å². The highest BCUT2D eigenvalue weighted by Crippen LogP contribution is 2.40. The molecule has 2 N–H and O–H groups in total. The summed E-state index contributed by atoms with van der Waals surface area (Å²) in [5.74, 6) is 0.222. The van der Waals surface area contributed by atoms with Crippen LogP contribution in [0.2, 0.25) is 0 Å². The van der Waals surface area contributed by atoms with E-state index < -0.39 is 0 Å². The molecule has 5 heteroatoms. The summed E-state index contributed by atoms with van der Waals surface area (Å²) >= 11 is 0. The molecule has 0 saturated carbocycles. The zero-order chi connectivity index (χ0) is 17.4. The van der Waals surface area contributed by atoms with Gasteiger partial charge < -0.3 is 15.0 Å². The first-order valence-electron chi connectivity index (χ1n) is 9.09. The lowest BCUT2D eigenvalue weighted by Gasteiger charge is -2.39. The van der Waals surface area contributed by atoms with Gasteiger partial charge >= 0.3 is 6.09 Å². The first-order valence-corrected chi connectivity index (χ1v) is 9.09. The van der Waals surface area contributed by atoms with Crippen LogP contribution in [0.4, 0.5) is 4.79 Å². The number of nitrogens with zero attached hydrogens (tertiary/aromatic N) is 1. The summed E-state index contributed by atoms with van der Waals surface area (Å²) in [6.45, 7) is 4.02. The minimum atomic E-state index is -0.316. The number of carbonyl (C=O) groups is 1. The summed E-state index contributed by atoms with van der Waals surface area (Å²) in [5.41, 5.74) is 5.28. The Morgan fingerprint density at radius 2 is 2.32 bits per heavy atom. The smallest absolute Gasteiger partial charge is 0.407 e. The summed E-state index contributed by atoms with van der Waals surface area (Å²) in [7, 11) is 2.17. The Hall–Kier alpha value is -2.27. The van der Waals surface area contributed by atoms with Crippen molar-refractivity contribution in [1.29, 1.82) is 0 Å². The molecule has 1 aromatic heterocycles. The maximum Gasteiger partial charge on any atom is 0.407 e. The molecule has 25 heavy (non-hydrogen) atoms. The molecule has 2 aliphatic rings. The minimum Gasteiger partial charge on any atom is -0.449 e. The van der Waals surface area contributed by atoms with Crippen LogP contribution in [0.3, 0.4) is 0 Å². The normalized spacial score (nSPS) is 22.4.